The third kappa shape index (κ3) is 22.8. The van der Waals surface area contributed by atoms with Crippen LogP contribution in [-0.4, -0.2) is 95.9 Å². The van der Waals surface area contributed by atoms with E-state index < -0.39 is 91.5 Å². The van der Waals surface area contributed by atoms with Crippen molar-refractivity contribution in [1.82, 2.24) is 0 Å². The Balaban J connectivity index is 4.48. The number of hydrogen-bond acceptors (Lipinski definition) is 14. The van der Waals surface area contributed by atoms with Crippen LogP contribution < -0.4 is 0 Å². The van der Waals surface area contributed by atoms with Crippen LogP contribution in [0.15, 0.2) is 0 Å². The molecule has 0 radical (unpaired) electrons. The molecule has 18 heteroatoms. The zero-order chi connectivity index (χ0) is 31.3. The minimum Gasteiger partial charge on any atom is -0.463 e. The molecule has 0 aliphatic heterocycles. The zero-order valence-electron chi connectivity index (χ0n) is 23.7. The average Bonchev–Trinajstić information content (AvgIpc) is 2.93. The van der Waals surface area contributed by atoms with E-state index in [1.54, 1.807) is 0 Å². The monoisotopic (exact) mass is 638 g/mol. The summed E-state index contributed by atoms with van der Waals surface area (Å²) in [5.41, 5.74) is 0. The molecule has 5 atom stereocenters. The van der Waals surface area contributed by atoms with E-state index in [9.17, 15) is 43.5 Å². The standard InChI is InChI=1S/C23H44O16P2/c1-4-7-9-11-23(28)33-12-18(24)13-35-40(29,30)36-14-19(25)15-37-41(31,32)38-17-20(39-21(26)6-3)16-34-22(27)10-8-5-2/h18-20,24-25H,4-17H2,1-3H3,(H,29,30)(H,31,32)/t18-,19-,20-/m1/s1. The van der Waals surface area contributed by atoms with Gasteiger partial charge in [0.15, 0.2) is 6.10 Å². The molecule has 0 heterocycles. The van der Waals surface area contributed by atoms with E-state index in [4.69, 9.17) is 18.7 Å². The van der Waals surface area contributed by atoms with Crippen LogP contribution in [0.25, 0.3) is 0 Å². The number of rotatable bonds is 25. The van der Waals surface area contributed by atoms with E-state index in [-0.39, 0.29) is 19.3 Å². The summed E-state index contributed by atoms with van der Waals surface area (Å²) in [4.78, 5) is 54.3. The SMILES string of the molecule is CCCCCC(=O)OC[C@@H](O)COP(=O)(O)OC[C@@H](O)COP(=O)(O)OC[C@@H](COC(=O)CCCC)OC(=O)CC. The van der Waals surface area contributed by atoms with Gasteiger partial charge in [-0.05, 0) is 12.8 Å². The van der Waals surface area contributed by atoms with Crippen molar-refractivity contribution in [3.8, 4) is 0 Å². The molecule has 41 heavy (non-hydrogen) atoms. The van der Waals surface area contributed by atoms with E-state index in [1.807, 2.05) is 13.8 Å². The Hall–Kier alpha value is -1.45. The van der Waals surface area contributed by atoms with Gasteiger partial charge in [0.1, 0.15) is 25.4 Å². The number of carbonyl (C=O) groups excluding carboxylic acids is 3. The maximum absolute atomic E-state index is 12.1. The molecule has 16 nitrogen and oxygen atoms in total. The summed E-state index contributed by atoms with van der Waals surface area (Å²) >= 11 is 0. The first-order chi connectivity index (χ1) is 19.2. The molecule has 0 aromatic heterocycles. The van der Waals surface area contributed by atoms with Crippen molar-refractivity contribution >= 4 is 33.6 Å². The Morgan fingerprint density at radius 2 is 1.05 bits per heavy atom. The highest BCUT2D eigenvalue weighted by atomic mass is 31.2. The van der Waals surface area contributed by atoms with Crippen molar-refractivity contribution in [3.05, 3.63) is 0 Å². The summed E-state index contributed by atoms with van der Waals surface area (Å²) in [6.07, 6.45) is -0.241. The molecule has 0 aliphatic carbocycles. The minimum absolute atomic E-state index is 0.0102. The average molecular weight is 639 g/mol. The second-order valence-electron chi connectivity index (χ2n) is 8.82. The Morgan fingerprint density at radius 1 is 0.610 bits per heavy atom. The lowest BCUT2D eigenvalue weighted by atomic mass is 10.2. The molecule has 0 bridgehead atoms. The van der Waals surface area contributed by atoms with Gasteiger partial charge in [0, 0.05) is 19.3 Å². The quantitative estimate of drug-likeness (QED) is 0.0485. The largest absolute Gasteiger partial charge is 0.472 e. The van der Waals surface area contributed by atoms with Gasteiger partial charge in [-0.25, -0.2) is 9.13 Å². The molecule has 0 aromatic carbocycles. The lowest BCUT2D eigenvalue weighted by Gasteiger charge is -2.20. The molecule has 0 aliphatic rings. The summed E-state index contributed by atoms with van der Waals surface area (Å²) in [7, 11) is -9.59. The highest BCUT2D eigenvalue weighted by Crippen LogP contribution is 2.45. The van der Waals surface area contributed by atoms with Gasteiger partial charge in [0.2, 0.25) is 0 Å². The molecule has 242 valence electrons. The fourth-order valence-electron chi connectivity index (χ4n) is 2.63. The molecule has 0 saturated carbocycles. The van der Waals surface area contributed by atoms with Crippen LogP contribution in [0.2, 0.25) is 0 Å². The molecular weight excluding hydrogens is 594 g/mol. The van der Waals surface area contributed by atoms with Crippen LogP contribution in [0.4, 0.5) is 0 Å². The maximum atomic E-state index is 12.1. The number of unbranched alkanes of at least 4 members (excludes halogenated alkanes) is 3. The molecule has 2 unspecified atom stereocenters. The molecular formula is C23H44O16P2. The topological polar surface area (TPSA) is 231 Å². The first-order valence-corrected chi connectivity index (χ1v) is 16.3. The van der Waals surface area contributed by atoms with E-state index >= 15 is 0 Å². The maximum Gasteiger partial charge on any atom is 0.472 e. The van der Waals surface area contributed by atoms with Crippen LogP contribution in [0.5, 0.6) is 0 Å². The fraction of sp³-hybridized carbons (Fsp3) is 0.870. The summed E-state index contributed by atoms with van der Waals surface area (Å²) in [5.74, 6) is -1.74. The van der Waals surface area contributed by atoms with Crippen molar-refractivity contribution in [1.29, 1.82) is 0 Å². The van der Waals surface area contributed by atoms with Crippen LogP contribution in [0.1, 0.15) is 72.1 Å². The number of aliphatic hydroxyl groups excluding tert-OH is 2. The van der Waals surface area contributed by atoms with Gasteiger partial charge in [-0.1, -0.05) is 40.0 Å². The minimum atomic E-state index is -4.82. The summed E-state index contributed by atoms with van der Waals surface area (Å²) < 4.78 is 57.4. The van der Waals surface area contributed by atoms with E-state index in [1.165, 1.54) is 6.92 Å². The molecule has 4 N–H and O–H groups in total. The number of aliphatic hydroxyl groups is 2. The predicted octanol–water partition coefficient (Wildman–Crippen LogP) is 2.15. The zero-order valence-corrected chi connectivity index (χ0v) is 25.5. The molecule has 0 spiro atoms. The third-order valence-corrected chi connectivity index (χ3v) is 6.79. The smallest absolute Gasteiger partial charge is 0.463 e. The summed E-state index contributed by atoms with van der Waals surface area (Å²) in [5, 5.41) is 19.6. The molecule has 0 saturated heterocycles. The Labute approximate surface area is 239 Å². The van der Waals surface area contributed by atoms with E-state index in [0.29, 0.717) is 12.8 Å². The van der Waals surface area contributed by atoms with Gasteiger partial charge in [0.25, 0.3) is 0 Å². The van der Waals surface area contributed by atoms with Gasteiger partial charge < -0.3 is 34.2 Å². The highest BCUT2D eigenvalue weighted by molar-refractivity contribution is 7.47. The van der Waals surface area contributed by atoms with Crippen molar-refractivity contribution in [2.24, 2.45) is 0 Å². The molecule has 0 amide bonds. The van der Waals surface area contributed by atoms with E-state index in [2.05, 4.69) is 13.6 Å². The highest BCUT2D eigenvalue weighted by Gasteiger charge is 2.29. The molecule has 0 aromatic rings. The number of ether oxygens (including phenoxy) is 3. The molecule has 0 rings (SSSR count). The Morgan fingerprint density at radius 3 is 1.54 bits per heavy atom. The normalized spacial score (nSPS) is 16.6. The van der Waals surface area contributed by atoms with Gasteiger partial charge in [0.05, 0.1) is 26.4 Å². The van der Waals surface area contributed by atoms with Gasteiger partial charge in [-0.15, -0.1) is 0 Å². The van der Waals surface area contributed by atoms with Crippen molar-refractivity contribution in [2.75, 3.05) is 39.6 Å². The van der Waals surface area contributed by atoms with Crippen LogP contribution in [0, 0.1) is 0 Å². The second kappa shape index (κ2) is 22.1. The van der Waals surface area contributed by atoms with Gasteiger partial charge >= 0.3 is 33.6 Å². The van der Waals surface area contributed by atoms with Crippen molar-refractivity contribution in [3.63, 3.8) is 0 Å². The van der Waals surface area contributed by atoms with Crippen molar-refractivity contribution in [2.45, 2.75) is 90.4 Å². The van der Waals surface area contributed by atoms with Gasteiger partial charge in [-0.2, -0.15) is 0 Å². The van der Waals surface area contributed by atoms with E-state index in [0.717, 1.165) is 19.3 Å². The number of carbonyl (C=O) groups is 3. The van der Waals surface area contributed by atoms with Crippen LogP contribution in [0.3, 0.4) is 0 Å². The Bertz CT molecular complexity index is 854. The van der Waals surface area contributed by atoms with Gasteiger partial charge in [-0.3, -0.25) is 32.5 Å². The number of phosphoric acid groups is 2. The van der Waals surface area contributed by atoms with Crippen molar-refractivity contribution < 1.29 is 75.8 Å². The number of hydrogen-bond donors (Lipinski definition) is 4. The molecule has 0 fully saturated rings. The van der Waals surface area contributed by atoms with Crippen LogP contribution in [-0.2, 0) is 55.8 Å². The lowest BCUT2D eigenvalue weighted by Crippen LogP contribution is -2.29. The summed E-state index contributed by atoms with van der Waals surface area (Å²) in [6.45, 7) is 1.33. The third-order valence-electron chi connectivity index (χ3n) is 4.89. The Kier molecular flexibility index (Phi) is 21.4. The fourth-order valence-corrected chi connectivity index (χ4v) is 4.22. The first kappa shape index (κ1) is 39.5. The number of phosphoric ester groups is 2. The van der Waals surface area contributed by atoms with Crippen LogP contribution >= 0.6 is 15.6 Å². The number of esters is 3. The lowest BCUT2D eigenvalue weighted by molar-refractivity contribution is -0.161. The summed E-state index contributed by atoms with van der Waals surface area (Å²) in [6, 6.07) is 0. The predicted molar refractivity (Wildman–Crippen MR) is 141 cm³/mol. The first-order valence-electron chi connectivity index (χ1n) is 13.3. The second-order valence-corrected chi connectivity index (χ2v) is 11.7.